The zero-order chi connectivity index (χ0) is 29.8. The second-order valence-electron chi connectivity index (χ2n) is 10.4. The molecule has 42 heavy (non-hydrogen) atoms. The first kappa shape index (κ1) is 29.2. The summed E-state index contributed by atoms with van der Waals surface area (Å²) in [4.78, 5) is 36.9. The fourth-order valence-corrected chi connectivity index (χ4v) is 5.42. The smallest absolute Gasteiger partial charge is 0.281 e. The number of aromatic nitrogens is 3. The van der Waals surface area contributed by atoms with Gasteiger partial charge in [-0.25, -0.2) is 4.39 Å². The van der Waals surface area contributed by atoms with E-state index in [1.807, 2.05) is 36.9 Å². The largest absolute Gasteiger partial charge is 0.368 e. The maximum Gasteiger partial charge on any atom is 0.281 e. The van der Waals surface area contributed by atoms with E-state index in [-0.39, 0.29) is 23.6 Å². The molecule has 0 spiro atoms. The summed E-state index contributed by atoms with van der Waals surface area (Å²) >= 11 is 6.26. The van der Waals surface area contributed by atoms with Gasteiger partial charge in [0, 0.05) is 43.9 Å². The maximum absolute atomic E-state index is 14.4. The van der Waals surface area contributed by atoms with E-state index in [0.717, 1.165) is 28.9 Å². The molecule has 2 heterocycles. The van der Waals surface area contributed by atoms with Gasteiger partial charge >= 0.3 is 0 Å². The van der Waals surface area contributed by atoms with Gasteiger partial charge in [0.1, 0.15) is 5.82 Å². The highest BCUT2D eigenvalue weighted by Gasteiger charge is 2.26. The number of nitrogen functional groups attached to an aromatic ring is 1. The summed E-state index contributed by atoms with van der Waals surface area (Å²) in [7, 11) is 0. The first-order valence-corrected chi connectivity index (χ1v) is 14.2. The fraction of sp³-hybridized carbons (Fsp3) is 0.290. The minimum absolute atomic E-state index is 0.0685. The highest BCUT2D eigenvalue weighted by atomic mass is 35.5. The van der Waals surface area contributed by atoms with E-state index in [0.29, 0.717) is 54.4 Å². The third-order valence-corrected chi connectivity index (χ3v) is 7.62. The standard InChI is InChI=1S/C31H33ClFN7O2/c1-21-7-3-9-23(19-21)28(41)39(31-35-30(34)40(36-31)29(42)24-10-4-8-22(2)20-24)14-6-13-37-15-17-38(18-16-37)27-25(32)11-5-12-26(27)33/h3-5,7-12,19-20H,6,13-18H2,1-2H3,(H2,34,35,36). The van der Waals surface area contributed by atoms with Gasteiger partial charge < -0.3 is 10.6 Å². The van der Waals surface area contributed by atoms with Gasteiger partial charge in [-0.2, -0.15) is 9.67 Å². The van der Waals surface area contributed by atoms with Crippen molar-refractivity contribution in [1.82, 2.24) is 19.7 Å². The molecule has 0 unspecified atom stereocenters. The zero-order valence-electron chi connectivity index (χ0n) is 23.6. The van der Waals surface area contributed by atoms with Crippen LogP contribution in [0.4, 0.5) is 22.0 Å². The van der Waals surface area contributed by atoms with Crippen molar-refractivity contribution in [3.8, 4) is 0 Å². The number of aryl methyl sites for hydroxylation is 2. The molecule has 1 fully saturated rings. The summed E-state index contributed by atoms with van der Waals surface area (Å²) in [6.07, 6.45) is 0.623. The lowest BCUT2D eigenvalue weighted by Gasteiger charge is -2.36. The highest BCUT2D eigenvalue weighted by molar-refractivity contribution is 6.33. The van der Waals surface area contributed by atoms with E-state index in [9.17, 15) is 14.0 Å². The molecule has 0 atom stereocenters. The number of hydrogen-bond acceptors (Lipinski definition) is 7. The van der Waals surface area contributed by atoms with Crippen molar-refractivity contribution in [3.05, 3.63) is 99.8 Å². The SMILES string of the molecule is Cc1cccc(C(=O)N(CCCN2CCN(c3c(F)cccc3Cl)CC2)c2nc(N)n(C(=O)c3cccc(C)c3)n2)c1. The van der Waals surface area contributed by atoms with Crippen molar-refractivity contribution < 1.29 is 14.0 Å². The van der Waals surface area contributed by atoms with E-state index in [4.69, 9.17) is 17.3 Å². The number of nitrogens with two attached hydrogens (primary N) is 1. The normalized spacial score (nSPS) is 13.8. The summed E-state index contributed by atoms with van der Waals surface area (Å²) < 4.78 is 15.4. The number of benzene rings is 3. The van der Waals surface area contributed by atoms with Gasteiger partial charge in [0.15, 0.2) is 0 Å². The zero-order valence-corrected chi connectivity index (χ0v) is 24.4. The van der Waals surface area contributed by atoms with Crippen LogP contribution in [0.15, 0.2) is 66.7 Å². The Kier molecular flexibility index (Phi) is 8.84. The number of halogens is 2. The molecular weight excluding hydrogens is 557 g/mol. The number of anilines is 3. The quantitative estimate of drug-likeness (QED) is 0.314. The molecule has 0 saturated carbocycles. The average Bonchev–Trinajstić information content (AvgIpc) is 3.36. The Labute approximate surface area is 249 Å². The predicted octanol–water partition coefficient (Wildman–Crippen LogP) is 4.82. The molecule has 5 rings (SSSR count). The van der Waals surface area contributed by atoms with Crippen molar-refractivity contribution >= 4 is 41.0 Å². The van der Waals surface area contributed by atoms with Crippen molar-refractivity contribution in [2.24, 2.45) is 0 Å². The molecule has 0 bridgehead atoms. The lowest BCUT2D eigenvalue weighted by molar-refractivity contribution is 0.0942. The third kappa shape index (κ3) is 6.45. The van der Waals surface area contributed by atoms with Gasteiger partial charge in [-0.05, 0) is 63.2 Å². The van der Waals surface area contributed by atoms with Crippen LogP contribution >= 0.6 is 11.6 Å². The van der Waals surface area contributed by atoms with Crippen LogP contribution in [-0.4, -0.2) is 70.7 Å². The third-order valence-electron chi connectivity index (χ3n) is 7.31. The van der Waals surface area contributed by atoms with E-state index < -0.39 is 5.91 Å². The summed E-state index contributed by atoms with van der Waals surface area (Å²) in [6.45, 7) is 7.54. The Morgan fingerprint density at radius 2 is 1.60 bits per heavy atom. The molecule has 1 aromatic heterocycles. The molecule has 1 amide bonds. The monoisotopic (exact) mass is 589 g/mol. The molecule has 1 saturated heterocycles. The molecule has 0 radical (unpaired) electrons. The second kappa shape index (κ2) is 12.7. The van der Waals surface area contributed by atoms with Gasteiger partial charge in [0.05, 0.1) is 10.7 Å². The molecule has 11 heteroatoms. The van der Waals surface area contributed by atoms with Crippen LogP contribution in [0.2, 0.25) is 5.02 Å². The molecule has 9 nitrogen and oxygen atoms in total. The maximum atomic E-state index is 14.4. The van der Waals surface area contributed by atoms with Crippen molar-refractivity contribution in [1.29, 1.82) is 0 Å². The molecule has 4 aromatic rings. The molecule has 218 valence electrons. The summed E-state index contributed by atoms with van der Waals surface area (Å²) in [6, 6.07) is 19.1. The highest BCUT2D eigenvalue weighted by Crippen LogP contribution is 2.29. The first-order chi connectivity index (χ1) is 20.2. The Hall–Kier alpha value is -4.28. The van der Waals surface area contributed by atoms with Gasteiger partial charge in [-0.1, -0.05) is 53.1 Å². The first-order valence-electron chi connectivity index (χ1n) is 13.8. The van der Waals surface area contributed by atoms with E-state index >= 15 is 0 Å². The summed E-state index contributed by atoms with van der Waals surface area (Å²) in [5.41, 5.74) is 9.35. The van der Waals surface area contributed by atoms with Crippen LogP contribution < -0.4 is 15.5 Å². The molecule has 1 aliphatic rings. The molecule has 2 N–H and O–H groups in total. The molecule has 0 aliphatic carbocycles. The van der Waals surface area contributed by atoms with Gasteiger partial charge in [-0.15, -0.1) is 5.10 Å². The minimum atomic E-state index is -0.425. The molecular formula is C31H33ClFN7O2. The van der Waals surface area contributed by atoms with Crippen LogP contribution in [0.1, 0.15) is 38.3 Å². The number of amides is 1. The number of para-hydroxylation sites is 1. The fourth-order valence-electron chi connectivity index (χ4n) is 5.14. The lowest BCUT2D eigenvalue weighted by atomic mass is 10.1. The number of rotatable bonds is 8. The Morgan fingerprint density at radius 3 is 2.26 bits per heavy atom. The van der Waals surface area contributed by atoms with Crippen molar-refractivity contribution in [3.63, 3.8) is 0 Å². The van der Waals surface area contributed by atoms with Crippen LogP contribution in [0.3, 0.4) is 0 Å². The molecule has 3 aromatic carbocycles. The number of carbonyl (C=O) groups is 2. The van der Waals surface area contributed by atoms with Crippen LogP contribution in [0.25, 0.3) is 0 Å². The average molecular weight is 590 g/mol. The Bertz CT molecular complexity index is 1580. The Balaban J connectivity index is 1.30. The van der Waals surface area contributed by atoms with Crippen LogP contribution in [0.5, 0.6) is 0 Å². The van der Waals surface area contributed by atoms with Crippen molar-refractivity contribution in [2.45, 2.75) is 20.3 Å². The second-order valence-corrected chi connectivity index (χ2v) is 10.8. The lowest BCUT2D eigenvalue weighted by Crippen LogP contribution is -2.47. The van der Waals surface area contributed by atoms with E-state index in [1.165, 1.54) is 11.0 Å². The number of hydrogen-bond donors (Lipinski definition) is 1. The number of nitrogens with zero attached hydrogens (tertiary/aromatic N) is 6. The topological polar surface area (TPSA) is 101 Å². The summed E-state index contributed by atoms with van der Waals surface area (Å²) in [5.74, 6) is -1.06. The van der Waals surface area contributed by atoms with Crippen LogP contribution in [-0.2, 0) is 0 Å². The number of piperazine rings is 1. The van der Waals surface area contributed by atoms with Crippen molar-refractivity contribution in [2.75, 3.05) is 54.8 Å². The minimum Gasteiger partial charge on any atom is -0.368 e. The van der Waals surface area contributed by atoms with Gasteiger partial charge in [-0.3, -0.25) is 19.4 Å². The molecule has 1 aliphatic heterocycles. The summed E-state index contributed by atoms with van der Waals surface area (Å²) in [5, 5.41) is 4.78. The van der Waals surface area contributed by atoms with E-state index in [2.05, 4.69) is 15.0 Å². The Morgan fingerprint density at radius 1 is 0.952 bits per heavy atom. The van der Waals surface area contributed by atoms with Gasteiger partial charge in [0.2, 0.25) is 5.95 Å². The van der Waals surface area contributed by atoms with E-state index in [1.54, 1.807) is 42.5 Å². The number of carbonyl (C=O) groups excluding carboxylic acids is 2. The van der Waals surface area contributed by atoms with Crippen LogP contribution in [0, 0.1) is 19.7 Å². The predicted molar refractivity (Wildman–Crippen MR) is 163 cm³/mol. The van der Waals surface area contributed by atoms with Gasteiger partial charge in [0.25, 0.3) is 17.8 Å².